The van der Waals surface area contributed by atoms with Crippen LogP contribution in [0.3, 0.4) is 0 Å². The van der Waals surface area contributed by atoms with Gasteiger partial charge in [0, 0.05) is 5.69 Å². The summed E-state index contributed by atoms with van der Waals surface area (Å²) >= 11 is 5.90. The van der Waals surface area contributed by atoms with Gasteiger partial charge in [0.25, 0.3) is 0 Å². The molecule has 0 radical (unpaired) electrons. The zero-order valence-corrected chi connectivity index (χ0v) is 9.51. The molecule has 0 aliphatic rings. The summed E-state index contributed by atoms with van der Waals surface area (Å²) < 4.78 is 0. The lowest BCUT2D eigenvalue weighted by molar-refractivity contribution is -0.116. The SMILES string of the molecule is CN(C)CC(=O)Nc1ccc(N)cc1Cl. The summed E-state index contributed by atoms with van der Waals surface area (Å²) in [6.45, 7) is 0.320. The van der Waals surface area contributed by atoms with Crippen molar-refractivity contribution < 1.29 is 4.79 Å². The number of anilines is 2. The smallest absolute Gasteiger partial charge is 0.238 e. The third-order valence-electron chi connectivity index (χ3n) is 1.73. The second-order valence-electron chi connectivity index (χ2n) is 3.53. The van der Waals surface area contributed by atoms with E-state index in [-0.39, 0.29) is 5.91 Å². The highest BCUT2D eigenvalue weighted by atomic mass is 35.5. The maximum atomic E-state index is 11.4. The Bertz CT molecular complexity index is 366. The summed E-state index contributed by atoms with van der Waals surface area (Å²) in [6.07, 6.45) is 0. The molecule has 1 aromatic rings. The van der Waals surface area contributed by atoms with Crippen molar-refractivity contribution in [2.75, 3.05) is 31.7 Å². The van der Waals surface area contributed by atoms with Gasteiger partial charge in [-0.15, -0.1) is 0 Å². The molecule has 0 saturated carbocycles. The largest absolute Gasteiger partial charge is 0.399 e. The summed E-state index contributed by atoms with van der Waals surface area (Å²) in [4.78, 5) is 13.2. The van der Waals surface area contributed by atoms with Crippen LogP contribution in [-0.2, 0) is 4.79 Å². The predicted molar refractivity (Wildman–Crippen MR) is 63.0 cm³/mol. The first kappa shape index (κ1) is 11.8. The van der Waals surface area contributed by atoms with Gasteiger partial charge in [0.2, 0.25) is 5.91 Å². The Hall–Kier alpha value is -1.26. The zero-order chi connectivity index (χ0) is 11.4. The number of likely N-dealkylation sites (N-methyl/N-ethyl adjacent to an activating group) is 1. The topological polar surface area (TPSA) is 58.4 Å². The Morgan fingerprint density at radius 3 is 2.73 bits per heavy atom. The fraction of sp³-hybridized carbons (Fsp3) is 0.300. The average Bonchev–Trinajstić information content (AvgIpc) is 2.08. The number of hydrogen-bond donors (Lipinski definition) is 2. The van der Waals surface area contributed by atoms with E-state index in [0.717, 1.165) is 0 Å². The molecule has 1 amide bonds. The second kappa shape index (κ2) is 5.00. The van der Waals surface area contributed by atoms with Crippen molar-refractivity contribution in [2.24, 2.45) is 0 Å². The third-order valence-corrected chi connectivity index (χ3v) is 2.04. The van der Waals surface area contributed by atoms with E-state index in [9.17, 15) is 4.79 Å². The molecule has 0 aliphatic carbocycles. The minimum absolute atomic E-state index is 0.105. The first-order valence-electron chi connectivity index (χ1n) is 4.48. The van der Waals surface area contributed by atoms with Gasteiger partial charge in [0.1, 0.15) is 0 Å². The molecule has 5 heteroatoms. The Kier molecular flexibility index (Phi) is 3.94. The van der Waals surface area contributed by atoms with E-state index in [1.165, 1.54) is 0 Å². The molecule has 0 heterocycles. The van der Waals surface area contributed by atoms with Gasteiger partial charge in [-0.3, -0.25) is 4.79 Å². The zero-order valence-electron chi connectivity index (χ0n) is 8.75. The highest BCUT2D eigenvalue weighted by Gasteiger charge is 2.06. The summed E-state index contributed by atoms with van der Waals surface area (Å²) in [5.41, 5.74) is 6.69. The molecule has 0 atom stereocenters. The van der Waals surface area contributed by atoms with Crippen LogP contribution in [0.2, 0.25) is 5.02 Å². The van der Waals surface area contributed by atoms with Crippen molar-refractivity contribution in [3.63, 3.8) is 0 Å². The number of nitrogens with zero attached hydrogens (tertiary/aromatic N) is 1. The molecule has 0 saturated heterocycles. The Balaban J connectivity index is 2.68. The van der Waals surface area contributed by atoms with Gasteiger partial charge < -0.3 is 16.0 Å². The average molecular weight is 228 g/mol. The fourth-order valence-corrected chi connectivity index (χ4v) is 1.35. The van der Waals surface area contributed by atoms with Crippen LogP contribution in [0.5, 0.6) is 0 Å². The highest BCUT2D eigenvalue weighted by Crippen LogP contribution is 2.23. The van der Waals surface area contributed by atoms with Gasteiger partial charge in [-0.2, -0.15) is 0 Å². The van der Waals surface area contributed by atoms with Crippen LogP contribution in [-0.4, -0.2) is 31.4 Å². The van der Waals surface area contributed by atoms with Gasteiger partial charge in [-0.25, -0.2) is 0 Å². The van der Waals surface area contributed by atoms with Crippen molar-refractivity contribution in [3.8, 4) is 0 Å². The van der Waals surface area contributed by atoms with Crippen molar-refractivity contribution >= 4 is 28.9 Å². The molecule has 1 rings (SSSR count). The molecule has 1 aromatic carbocycles. The van der Waals surface area contributed by atoms with E-state index in [4.69, 9.17) is 17.3 Å². The quantitative estimate of drug-likeness (QED) is 0.768. The van der Waals surface area contributed by atoms with Crippen LogP contribution in [0.15, 0.2) is 18.2 Å². The van der Waals surface area contributed by atoms with E-state index in [1.54, 1.807) is 23.1 Å². The van der Waals surface area contributed by atoms with Crippen molar-refractivity contribution in [3.05, 3.63) is 23.2 Å². The number of nitrogen functional groups attached to an aromatic ring is 1. The third kappa shape index (κ3) is 3.77. The molecule has 0 bridgehead atoms. The lowest BCUT2D eigenvalue weighted by Crippen LogP contribution is -2.27. The summed E-state index contributed by atoms with van der Waals surface area (Å²) in [5.74, 6) is -0.105. The van der Waals surface area contributed by atoms with E-state index >= 15 is 0 Å². The molecule has 0 fully saturated rings. The number of hydrogen-bond acceptors (Lipinski definition) is 3. The fourth-order valence-electron chi connectivity index (χ4n) is 1.11. The van der Waals surface area contributed by atoms with E-state index in [0.29, 0.717) is 22.9 Å². The van der Waals surface area contributed by atoms with Gasteiger partial charge in [0.05, 0.1) is 17.3 Å². The number of carbonyl (C=O) groups excluding carboxylic acids is 1. The lowest BCUT2D eigenvalue weighted by atomic mass is 10.3. The summed E-state index contributed by atoms with van der Waals surface area (Å²) in [5, 5.41) is 3.15. The predicted octanol–water partition coefficient (Wildman–Crippen LogP) is 1.42. The van der Waals surface area contributed by atoms with Crippen LogP contribution in [0.25, 0.3) is 0 Å². The van der Waals surface area contributed by atoms with Crippen molar-refractivity contribution in [2.45, 2.75) is 0 Å². The number of benzene rings is 1. The minimum Gasteiger partial charge on any atom is -0.399 e. The highest BCUT2D eigenvalue weighted by molar-refractivity contribution is 6.34. The molecular formula is C10H14ClN3O. The van der Waals surface area contributed by atoms with Crippen LogP contribution in [0.1, 0.15) is 0 Å². The van der Waals surface area contributed by atoms with Gasteiger partial charge in [-0.1, -0.05) is 11.6 Å². The van der Waals surface area contributed by atoms with Crippen LogP contribution in [0.4, 0.5) is 11.4 Å². The van der Waals surface area contributed by atoms with Crippen LogP contribution < -0.4 is 11.1 Å². The Morgan fingerprint density at radius 2 is 2.20 bits per heavy atom. The molecule has 0 spiro atoms. The number of carbonyl (C=O) groups is 1. The van der Waals surface area contributed by atoms with E-state index in [2.05, 4.69) is 5.32 Å². The Labute approximate surface area is 94.0 Å². The molecular weight excluding hydrogens is 214 g/mol. The van der Waals surface area contributed by atoms with Crippen molar-refractivity contribution in [1.29, 1.82) is 0 Å². The molecule has 0 aliphatic heterocycles. The maximum Gasteiger partial charge on any atom is 0.238 e. The number of nitrogens with two attached hydrogens (primary N) is 1. The minimum atomic E-state index is -0.105. The van der Waals surface area contributed by atoms with Crippen LogP contribution >= 0.6 is 11.6 Å². The Morgan fingerprint density at radius 1 is 1.53 bits per heavy atom. The summed E-state index contributed by atoms with van der Waals surface area (Å²) in [6, 6.07) is 4.98. The molecule has 0 unspecified atom stereocenters. The van der Waals surface area contributed by atoms with Gasteiger partial charge >= 0.3 is 0 Å². The first-order chi connectivity index (χ1) is 6.99. The second-order valence-corrected chi connectivity index (χ2v) is 3.93. The monoisotopic (exact) mass is 227 g/mol. The number of halogens is 1. The first-order valence-corrected chi connectivity index (χ1v) is 4.86. The number of nitrogens with one attached hydrogen (secondary N) is 1. The maximum absolute atomic E-state index is 11.4. The van der Waals surface area contributed by atoms with Gasteiger partial charge in [-0.05, 0) is 32.3 Å². The van der Waals surface area contributed by atoms with Gasteiger partial charge in [0.15, 0.2) is 0 Å². The molecule has 3 N–H and O–H groups in total. The van der Waals surface area contributed by atoms with Crippen molar-refractivity contribution in [1.82, 2.24) is 4.90 Å². The number of rotatable bonds is 3. The van der Waals surface area contributed by atoms with E-state index < -0.39 is 0 Å². The standard InChI is InChI=1S/C10H14ClN3O/c1-14(2)6-10(15)13-9-4-3-7(12)5-8(9)11/h3-5H,6,12H2,1-2H3,(H,13,15). The number of amides is 1. The molecule has 4 nitrogen and oxygen atoms in total. The van der Waals surface area contributed by atoms with Crippen LogP contribution in [0, 0.1) is 0 Å². The molecule has 82 valence electrons. The molecule has 0 aromatic heterocycles. The van der Waals surface area contributed by atoms with E-state index in [1.807, 2.05) is 14.1 Å². The molecule has 15 heavy (non-hydrogen) atoms. The summed E-state index contributed by atoms with van der Waals surface area (Å²) in [7, 11) is 3.65. The lowest BCUT2D eigenvalue weighted by Gasteiger charge is -2.11. The normalized spacial score (nSPS) is 10.4.